The molecule has 1 aromatic heterocycles. The Labute approximate surface area is 132 Å². The molecule has 4 nitrogen and oxygen atoms in total. The summed E-state index contributed by atoms with van der Waals surface area (Å²) in [6.45, 7) is 5.96. The lowest BCUT2D eigenvalue weighted by Gasteiger charge is -2.21. The molecule has 0 aliphatic rings. The maximum atomic E-state index is 12.2. The monoisotopic (exact) mass is 319 g/mol. The molecule has 2 rings (SSSR count). The second-order valence-corrected chi connectivity index (χ2v) is 8.23. The van der Waals surface area contributed by atoms with E-state index in [9.17, 15) is 8.42 Å². The average Bonchev–Trinajstić information content (AvgIpc) is 2.46. The number of sulfone groups is 1. The molecule has 0 N–H and O–H groups in total. The maximum Gasteiger partial charge on any atom is 0.180 e. The highest BCUT2D eigenvalue weighted by Crippen LogP contribution is 2.19. The van der Waals surface area contributed by atoms with Crippen LogP contribution in [0.5, 0.6) is 5.75 Å². The van der Waals surface area contributed by atoms with Crippen LogP contribution in [-0.4, -0.2) is 24.8 Å². The lowest BCUT2D eigenvalue weighted by atomic mass is 10.1. The first-order valence-corrected chi connectivity index (χ1v) is 8.82. The highest BCUT2D eigenvalue weighted by Gasteiger charge is 2.15. The van der Waals surface area contributed by atoms with Crippen LogP contribution in [-0.2, 0) is 16.3 Å². The van der Waals surface area contributed by atoms with Gasteiger partial charge in [0, 0.05) is 12.4 Å². The van der Waals surface area contributed by atoms with Gasteiger partial charge in [0.15, 0.2) is 9.84 Å². The lowest BCUT2D eigenvalue weighted by molar-refractivity contribution is 0.131. The summed E-state index contributed by atoms with van der Waals surface area (Å²) < 4.78 is 30.1. The van der Waals surface area contributed by atoms with Crippen molar-refractivity contribution in [2.45, 2.75) is 37.7 Å². The van der Waals surface area contributed by atoms with E-state index in [1.807, 2.05) is 45.0 Å². The van der Waals surface area contributed by atoms with Gasteiger partial charge in [0.2, 0.25) is 0 Å². The van der Waals surface area contributed by atoms with Gasteiger partial charge in [-0.3, -0.25) is 4.98 Å². The van der Waals surface area contributed by atoms with Crippen LogP contribution in [0.2, 0.25) is 0 Å². The predicted molar refractivity (Wildman–Crippen MR) is 86.8 cm³/mol. The van der Waals surface area contributed by atoms with Crippen molar-refractivity contribution in [2.24, 2.45) is 0 Å². The van der Waals surface area contributed by atoms with Gasteiger partial charge in [0.1, 0.15) is 11.4 Å². The van der Waals surface area contributed by atoms with Crippen LogP contribution >= 0.6 is 0 Å². The van der Waals surface area contributed by atoms with Gasteiger partial charge >= 0.3 is 0 Å². The zero-order chi connectivity index (χ0) is 16.2. The summed E-state index contributed by atoms with van der Waals surface area (Å²) in [7, 11) is -3.29. The largest absolute Gasteiger partial charge is 0.488 e. The van der Waals surface area contributed by atoms with Crippen LogP contribution in [0.1, 0.15) is 26.3 Å². The van der Waals surface area contributed by atoms with E-state index in [0.29, 0.717) is 6.42 Å². The lowest BCUT2D eigenvalue weighted by Crippen LogP contribution is -2.22. The van der Waals surface area contributed by atoms with Gasteiger partial charge in [-0.1, -0.05) is 12.1 Å². The van der Waals surface area contributed by atoms with Crippen molar-refractivity contribution in [3.63, 3.8) is 0 Å². The molecule has 0 bridgehead atoms. The molecule has 0 radical (unpaired) electrons. The van der Waals surface area contributed by atoms with Crippen molar-refractivity contribution < 1.29 is 13.2 Å². The van der Waals surface area contributed by atoms with Crippen LogP contribution in [0, 0.1) is 0 Å². The smallest absolute Gasteiger partial charge is 0.180 e. The van der Waals surface area contributed by atoms with Crippen LogP contribution in [0.25, 0.3) is 0 Å². The zero-order valence-electron chi connectivity index (χ0n) is 13.1. The highest BCUT2D eigenvalue weighted by atomic mass is 32.2. The van der Waals surface area contributed by atoms with Gasteiger partial charge in [0.25, 0.3) is 0 Å². The fourth-order valence-corrected chi connectivity index (χ4v) is 3.23. The van der Waals surface area contributed by atoms with Gasteiger partial charge < -0.3 is 4.74 Å². The first-order valence-electron chi connectivity index (χ1n) is 7.17. The molecule has 0 unspecified atom stereocenters. The van der Waals surface area contributed by atoms with E-state index in [2.05, 4.69) is 4.98 Å². The minimum atomic E-state index is -3.29. The van der Waals surface area contributed by atoms with Crippen LogP contribution < -0.4 is 4.74 Å². The van der Waals surface area contributed by atoms with E-state index >= 15 is 0 Å². The molecule has 2 aromatic rings. The van der Waals surface area contributed by atoms with Gasteiger partial charge in [-0.2, -0.15) is 0 Å². The third-order valence-electron chi connectivity index (χ3n) is 3.00. The quantitative estimate of drug-likeness (QED) is 0.848. The number of hydrogen-bond donors (Lipinski definition) is 0. The van der Waals surface area contributed by atoms with E-state index < -0.39 is 9.84 Å². The molecule has 0 atom stereocenters. The molecule has 0 aliphatic carbocycles. The number of ether oxygens (including phenoxy) is 1. The molecule has 0 aliphatic heterocycles. The minimum absolute atomic E-state index is 0.0676. The third-order valence-corrected chi connectivity index (χ3v) is 4.70. The Hall–Kier alpha value is -1.88. The number of rotatable bonds is 5. The summed E-state index contributed by atoms with van der Waals surface area (Å²) in [6.07, 6.45) is 3.41. The molecule has 5 heteroatoms. The van der Waals surface area contributed by atoms with Gasteiger partial charge in [-0.25, -0.2) is 8.42 Å². The molecule has 1 aromatic carbocycles. The topological polar surface area (TPSA) is 56.3 Å². The third kappa shape index (κ3) is 4.84. The van der Waals surface area contributed by atoms with E-state index in [1.54, 1.807) is 18.3 Å². The maximum absolute atomic E-state index is 12.2. The predicted octanol–water partition coefficient (Wildman–Crippen LogP) is 3.28. The second-order valence-electron chi connectivity index (χ2n) is 6.12. The summed E-state index contributed by atoms with van der Waals surface area (Å²) in [5.41, 5.74) is 0.722. The van der Waals surface area contributed by atoms with Crippen molar-refractivity contribution in [3.8, 4) is 5.75 Å². The van der Waals surface area contributed by atoms with Crippen LogP contribution in [0.3, 0.4) is 0 Å². The number of pyridine rings is 1. The highest BCUT2D eigenvalue weighted by molar-refractivity contribution is 7.91. The Morgan fingerprint density at radius 1 is 1.09 bits per heavy atom. The zero-order valence-corrected chi connectivity index (χ0v) is 13.9. The van der Waals surface area contributed by atoms with Gasteiger partial charge in [-0.05, 0) is 57.0 Å². The molecule has 0 spiro atoms. The van der Waals surface area contributed by atoms with E-state index in [1.165, 1.54) is 6.20 Å². The Morgan fingerprint density at radius 2 is 1.77 bits per heavy atom. The van der Waals surface area contributed by atoms with Gasteiger partial charge in [-0.15, -0.1) is 0 Å². The van der Waals surface area contributed by atoms with Crippen LogP contribution in [0.15, 0.2) is 53.7 Å². The molecule has 0 saturated heterocycles. The van der Waals surface area contributed by atoms with Gasteiger partial charge in [0.05, 0.1) is 10.6 Å². The van der Waals surface area contributed by atoms with Crippen molar-refractivity contribution in [1.82, 2.24) is 4.98 Å². The SMILES string of the molecule is CC(C)(C)Oc1ccc(CCS(=O)(=O)c2cccnc2)cc1. The fraction of sp³-hybridized carbons (Fsp3) is 0.353. The molecule has 118 valence electrons. The fourth-order valence-electron chi connectivity index (χ4n) is 1.98. The van der Waals surface area contributed by atoms with E-state index in [4.69, 9.17) is 4.74 Å². The molecular formula is C17H21NO3S. The molecule has 1 heterocycles. The first-order chi connectivity index (χ1) is 10.3. The Balaban J connectivity index is 2.00. The molecule has 0 saturated carbocycles. The number of hydrogen-bond acceptors (Lipinski definition) is 4. The van der Waals surface area contributed by atoms with E-state index in [0.717, 1.165) is 11.3 Å². The van der Waals surface area contributed by atoms with E-state index in [-0.39, 0.29) is 16.2 Å². The second kappa shape index (κ2) is 6.48. The first kappa shape index (κ1) is 16.5. The summed E-state index contributed by atoms with van der Waals surface area (Å²) >= 11 is 0. The summed E-state index contributed by atoms with van der Waals surface area (Å²) in [4.78, 5) is 4.12. The average molecular weight is 319 g/mol. The Bertz CT molecular complexity index is 702. The van der Waals surface area contributed by atoms with Crippen molar-refractivity contribution in [3.05, 3.63) is 54.4 Å². The van der Waals surface area contributed by atoms with Crippen molar-refractivity contribution in [2.75, 3.05) is 5.75 Å². The van der Waals surface area contributed by atoms with Crippen molar-refractivity contribution >= 4 is 9.84 Å². The number of aromatic nitrogens is 1. The summed E-state index contributed by atoms with van der Waals surface area (Å²) in [6, 6.07) is 10.8. The normalized spacial score (nSPS) is 12.1. The number of aryl methyl sites for hydroxylation is 1. The Kier molecular flexibility index (Phi) is 4.86. The minimum Gasteiger partial charge on any atom is -0.488 e. The van der Waals surface area contributed by atoms with Crippen LogP contribution in [0.4, 0.5) is 0 Å². The molecule has 0 fully saturated rings. The molecule has 0 amide bonds. The Morgan fingerprint density at radius 3 is 2.32 bits per heavy atom. The molecule has 22 heavy (non-hydrogen) atoms. The number of nitrogens with zero attached hydrogens (tertiary/aromatic N) is 1. The van der Waals surface area contributed by atoms with Crippen molar-refractivity contribution in [1.29, 1.82) is 0 Å². The molecular weight excluding hydrogens is 298 g/mol. The number of benzene rings is 1. The summed E-state index contributed by atoms with van der Waals surface area (Å²) in [5.74, 6) is 0.851. The standard InChI is InChI=1S/C17H21NO3S/c1-17(2,3)21-15-8-6-14(7-9-15)10-12-22(19,20)16-5-4-11-18-13-16/h4-9,11,13H,10,12H2,1-3H3. The summed E-state index contributed by atoms with van der Waals surface area (Å²) in [5, 5.41) is 0.